The summed E-state index contributed by atoms with van der Waals surface area (Å²) in [7, 11) is 0. The number of hydrogen-bond donors (Lipinski definition) is 0. The van der Waals surface area contributed by atoms with Crippen molar-refractivity contribution in [3.63, 3.8) is 0 Å². The van der Waals surface area contributed by atoms with Gasteiger partial charge in [-0.25, -0.2) is 0 Å². The number of Topliss-reactive ketones (excluding diaryl/α,β-unsaturated/α-hetero) is 1. The van der Waals surface area contributed by atoms with E-state index in [1.54, 1.807) is 0 Å². The topological polar surface area (TPSA) is 43.4 Å². The van der Waals surface area contributed by atoms with Crippen molar-refractivity contribution in [1.29, 1.82) is 0 Å². The van der Waals surface area contributed by atoms with Crippen molar-refractivity contribution in [3.8, 4) is 0 Å². The number of ether oxygens (including phenoxy) is 1. The summed E-state index contributed by atoms with van der Waals surface area (Å²) in [5.41, 5.74) is 2.18. The average Bonchev–Trinajstić information content (AvgIpc) is 2.99. The molecule has 1 aromatic carbocycles. The van der Waals surface area contributed by atoms with Crippen LogP contribution in [0.5, 0.6) is 0 Å². The molecule has 0 radical (unpaired) electrons. The summed E-state index contributed by atoms with van der Waals surface area (Å²) in [6.07, 6.45) is 1.52. The number of ketones is 1. The van der Waals surface area contributed by atoms with Gasteiger partial charge in [-0.15, -0.1) is 0 Å². The molecule has 0 aliphatic heterocycles. The molecule has 2 aliphatic carbocycles. The van der Waals surface area contributed by atoms with Crippen LogP contribution >= 0.6 is 0 Å². The van der Waals surface area contributed by atoms with E-state index in [2.05, 4.69) is 0 Å². The number of fused-ring (bicyclic) bond motifs is 1. The van der Waals surface area contributed by atoms with E-state index in [0.717, 1.165) is 12.0 Å². The van der Waals surface area contributed by atoms with E-state index in [-0.39, 0.29) is 29.5 Å². The Hall–Kier alpha value is -1.64. The normalized spacial score (nSPS) is 28.9. The third kappa shape index (κ3) is 1.94. The molecule has 0 bridgehead atoms. The van der Waals surface area contributed by atoms with Gasteiger partial charge in [0.1, 0.15) is 12.4 Å². The molecule has 0 spiro atoms. The maximum absolute atomic E-state index is 11.8. The van der Waals surface area contributed by atoms with E-state index in [4.69, 9.17) is 4.74 Å². The van der Waals surface area contributed by atoms with Crippen molar-refractivity contribution >= 4 is 11.8 Å². The molecule has 2 saturated carbocycles. The van der Waals surface area contributed by atoms with Crippen molar-refractivity contribution in [1.82, 2.24) is 0 Å². The first-order chi connectivity index (χ1) is 8.66. The Morgan fingerprint density at radius 2 is 2.06 bits per heavy atom. The highest BCUT2D eigenvalue weighted by Crippen LogP contribution is 2.55. The minimum atomic E-state index is -0.196. The van der Waals surface area contributed by atoms with E-state index in [1.807, 2.05) is 31.2 Å². The Balaban J connectivity index is 1.54. The Kier molecular flexibility index (Phi) is 2.69. The van der Waals surface area contributed by atoms with Crippen LogP contribution < -0.4 is 0 Å². The molecule has 1 aromatic rings. The summed E-state index contributed by atoms with van der Waals surface area (Å²) >= 11 is 0. The molecule has 0 unspecified atom stereocenters. The SMILES string of the molecule is Cc1ccc(COC(=O)[C@@H]2[C@H]3CCC(=O)[C@H]32)cc1. The van der Waals surface area contributed by atoms with E-state index < -0.39 is 0 Å². The minimum Gasteiger partial charge on any atom is -0.461 e. The molecule has 3 heteroatoms. The van der Waals surface area contributed by atoms with Crippen molar-refractivity contribution in [2.75, 3.05) is 0 Å². The van der Waals surface area contributed by atoms with Crippen LogP contribution in [-0.4, -0.2) is 11.8 Å². The van der Waals surface area contributed by atoms with Crippen LogP contribution in [0, 0.1) is 24.7 Å². The van der Waals surface area contributed by atoms with Gasteiger partial charge in [0.15, 0.2) is 0 Å². The third-order valence-corrected chi connectivity index (χ3v) is 4.04. The Morgan fingerprint density at radius 1 is 1.33 bits per heavy atom. The fourth-order valence-electron chi connectivity index (χ4n) is 2.90. The lowest BCUT2D eigenvalue weighted by molar-refractivity contribution is -0.148. The highest BCUT2D eigenvalue weighted by Gasteiger charge is 2.62. The molecule has 3 rings (SSSR count). The van der Waals surface area contributed by atoms with E-state index in [9.17, 15) is 9.59 Å². The summed E-state index contributed by atoms with van der Waals surface area (Å²) in [5.74, 6) is 0.172. The fourth-order valence-corrected chi connectivity index (χ4v) is 2.90. The first kappa shape index (κ1) is 11.5. The van der Waals surface area contributed by atoms with Crippen LogP contribution in [0.3, 0.4) is 0 Å². The summed E-state index contributed by atoms with van der Waals surface area (Å²) in [5, 5.41) is 0. The van der Waals surface area contributed by atoms with Crippen LogP contribution in [-0.2, 0) is 20.9 Å². The van der Waals surface area contributed by atoms with Gasteiger partial charge in [0.25, 0.3) is 0 Å². The third-order valence-electron chi connectivity index (χ3n) is 4.04. The van der Waals surface area contributed by atoms with Crippen LogP contribution in [0.15, 0.2) is 24.3 Å². The van der Waals surface area contributed by atoms with Crippen LogP contribution in [0.25, 0.3) is 0 Å². The standard InChI is InChI=1S/C15H16O3/c1-9-2-4-10(5-3-9)8-18-15(17)14-11-6-7-12(16)13(11)14/h2-5,11,13-14H,6-8H2,1H3/t11-,13-,14+/m0/s1. The zero-order valence-corrected chi connectivity index (χ0v) is 10.4. The van der Waals surface area contributed by atoms with Crippen LogP contribution in [0.1, 0.15) is 24.0 Å². The van der Waals surface area contributed by atoms with Crippen LogP contribution in [0.4, 0.5) is 0 Å². The molecule has 3 atom stereocenters. The van der Waals surface area contributed by atoms with E-state index >= 15 is 0 Å². The molecule has 0 amide bonds. The average molecular weight is 244 g/mol. The number of carbonyl (C=O) groups excluding carboxylic acids is 2. The predicted octanol–water partition coefficient (Wildman–Crippen LogP) is 2.26. The minimum absolute atomic E-state index is 0.0180. The van der Waals surface area contributed by atoms with Crippen molar-refractivity contribution in [2.24, 2.45) is 17.8 Å². The number of benzene rings is 1. The predicted molar refractivity (Wildman–Crippen MR) is 65.7 cm³/mol. The first-order valence-electron chi connectivity index (χ1n) is 6.42. The summed E-state index contributed by atoms with van der Waals surface area (Å²) < 4.78 is 5.29. The number of esters is 1. The molecular formula is C15H16O3. The van der Waals surface area contributed by atoms with Gasteiger partial charge in [-0.1, -0.05) is 29.8 Å². The number of rotatable bonds is 3. The van der Waals surface area contributed by atoms with Gasteiger partial charge in [-0.05, 0) is 24.8 Å². The van der Waals surface area contributed by atoms with Gasteiger partial charge < -0.3 is 4.74 Å². The van der Waals surface area contributed by atoms with Gasteiger partial charge in [0.2, 0.25) is 0 Å². The lowest BCUT2D eigenvalue weighted by atomic mass is 10.1. The second-order valence-corrected chi connectivity index (χ2v) is 5.31. The van der Waals surface area contributed by atoms with Gasteiger partial charge >= 0.3 is 5.97 Å². The molecule has 94 valence electrons. The Bertz CT molecular complexity index is 489. The molecular weight excluding hydrogens is 228 g/mol. The highest BCUT2D eigenvalue weighted by atomic mass is 16.5. The molecule has 0 aromatic heterocycles. The number of carbonyl (C=O) groups is 2. The smallest absolute Gasteiger partial charge is 0.310 e. The molecule has 3 nitrogen and oxygen atoms in total. The second-order valence-electron chi connectivity index (χ2n) is 5.31. The second kappa shape index (κ2) is 4.23. The van der Waals surface area contributed by atoms with Crippen molar-refractivity contribution < 1.29 is 14.3 Å². The summed E-state index contributed by atoms with van der Waals surface area (Å²) in [4.78, 5) is 23.3. The molecule has 18 heavy (non-hydrogen) atoms. The molecule has 2 aliphatic rings. The molecule has 0 saturated heterocycles. The quantitative estimate of drug-likeness (QED) is 0.766. The number of aryl methyl sites for hydroxylation is 1. The van der Waals surface area contributed by atoms with Crippen molar-refractivity contribution in [3.05, 3.63) is 35.4 Å². The van der Waals surface area contributed by atoms with Gasteiger partial charge in [-0.2, -0.15) is 0 Å². The molecule has 0 N–H and O–H groups in total. The lowest BCUT2D eigenvalue weighted by Crippen LogP contribution is -2.13. The maximum atomic E-state index is 11.8. The monoisotopic (exact) mass is 244 g/mol. The van der Waals surface area contributed by atoms with Crippen LogP contribution in [0.2, 0.25) is 0 Å². The Labute approximate surface area is 106 Å². The highest BCUT2D eigenvalue weighted by molar-refractivity contribution is 5.94. The fraction of sp³-hybridized carbons (Fsp3) is 0.467. The van der Waals surface area contributed by atoms with Gasteiger partial charge in [0.05, 0.1) is 5.92 Å². The van der Waals surface area contributed by atoms with E-state index in [1.165, 1.54) is 5.56 Å². The lowest BCUT2D eigenvalue weighted by Gasteiger charge is -2.06. The zero-order valence-electron chi connectivity index (χ0n) is 10.4. The molecule has 2 fully saturated rings. The van der Waals surface area contributed by atoms with E-state index in [0.29, 0.717) is 13.0 Å². The van der Waals surface area contributed by atoms with Crippen molar-refractivity contribution in [2.45, 2.75) is 26.4 Å². The number of hydrogen-bond acceptors (Lipinski definition) is 3. The van der Waals surface area contributed by atoms with Gasteiger partial charge in [-0.3, -0.25) is 9.59 Å². The first-order valence-corrected chi connectivity index (χ1v) is 6.42. The molecule has 0 heterocycles. The maximum Gasteiger partial charge on any atom is 0.310 e. The summed E-state index contributed by atoms with van der Waals surface area (Å²) in [6.45, 7) is 2.33. The largest absolute Gasteiger partial charge is 0.461 e. The van der Waals surface area contributed by atoms with Gasteiger partial charge in [0, 0.05) is 12.3 Å². The zero-order chi connectivity index (χ0) is 12.7. The summed E-state index contributed by atoms with van der Waals surface area (Å²) in [6, 6.07) is 7.92. The Morgan fingerprint density at radius 3 is 2.67 bits per heavy atom.